The van der Waals surface area contributed by atoms with Gasteiger partial charge in [-0.3, -0.25) is 4.79 Å². The third kappa shape index (κ3) is 3.95. The van der Waals surface area contributed by atoms with Crippen molar-refractivity contribution < 1.29 is 19.0 Å². The minimum absolute atomic E-state index is 0.150. The molecule has 0 aliphatic carbocycles. The highest BCUT2D eigenvalue weighted by Crippen LogP contribution is 2.12. The molecule has 0 bridgehead atoms. The van der Waals surface area contributed by atoms with Crippen molar-refractivity contribution in [2.24, 2.45) is 5.73 Å². The molecule has 0 saturated heterocycles. The lowest BCUT2D eigenvalue weighted by molar-refractivity contribution is -0.138. The molecule has 0 fully saturated rings. The number of halogens is 1. The van der Waals surface area contributed by atoms with E-state index in [9.17, 15) is 9.18 Å². The van der Waals surface area contributed by atoms with E-state index in [2.05, 4.69) is 0 Å². The number of carbonyl (C=O) groups is 1. The highest BCUT2D eigenvalue weighted by atomic mass is 19.1. The molecule has 0 unspecified atom stereocenters. The van der Waals surface area contributed by atoms with Gasteiger partial charge in [0.15, 0.2) is 0 Å². The van der Waals surface area contributed by atoms with Crippen LogP contribution in [0, 0.1) is 5.82 Å². The summed E-state index contributed by atoms with van der Waals surface area (Å²) in [6, 6.07) is 4.69. The molecule has 0 aromatic heterocycles. The van der Waals surface area contributed by atoms with Gasteiger partial charge in [-0.05, 0) is 12.1 Å². The molecule has 1 rings (SSSR count). The van der Waals surface area contributed by atoms with E-state index in [4.69, 9.17) is 15.6 Å². The molecule has 1 aromatic carbocycles. The Morgan fingerprint density at radius 1 is 1.60 bits per heavy atom. The molecule has 0 amide bonds. The van der Waals surface area contributed by atoms with Crippen LogP contribution in [-0.4, -0.2) is 23.7 Å². The Kier molecular flexibility index (Phi) is 4.05. The number of benzene rings is 1. The van der Waals surface area contributed by atoms with E-state index in [0.717, 1.165) is 0 Å². The molecule has 0 heterocycles. The summed E-state index contributed by atoms with van der Waals surface area (Å²) in [5.41, 5.74) is 5.26. The van der Waals surface area contributed by atoms with Crippen molar-refractivity contribution in [2.75, 3.05) is 6.61 Å². The van der Waals surface area contributed by atoms with Crippen molar-refractivity contribution in [1.82, 2.24) is 0 Å². The summed E-state index contributed by atoms with van der Waals surface area (Å²) in [6.07, 6.45) is 0.186. The van der Waals surface area contributed by atoms with Crippen LogP contribution in [0.3, 0.4) is 0 Å². The minimum atomic E-state index is -1.07. The molecule has 4 nitrogen and oxygen atoms in total. The van der Waals surface area contributed by atoms with E-state index in [0.29, 0.717) is 5.75 Å². The third-order valence-corrected chi connectivity index (χ3v) is 1.81. The van der Waals surface area contributed by atoms with E-state index < -0.39 is 17.8 Å². The molecule has 82 valence electrons. The van der Waals surface area contributed by atoms with E-state index in [-0.39, 0.29) is 13.0 Å². The van der Waals surface area contributed by atoms with E-state index in [1.165, 1.54) is 18.2 Å². The van der Waals surface area contributed by atoms with Crippen LogP contribution in [0.5, 0.6) is 5.75 Å². The van der Waals surface area contributed by atoms with Crippen LogP contribution in [-0.2, 0) is 4.79 Å². The quantitative estimate of drug-likeness (QED) is 0.765. The van der Waals surface area contributed by atoms with Gasteiger partial charge in [-0.15, -0.1) is 0 Å². The molecule has 3 N–H and O–H groups in total. The van der Waals surface area contributed by atoms with Crippen molar-refractivity contribution in [3.05, 3.63) is 30.1 Å². The fourth-order valence-corrected chi connectivity index (χ4v) is 0.984. The fraction of sp³-hybridized carbons (Fsp3) is 0.300. The zero-order valence-electron chi connectivity index (χ0n) is 8.02. The molecule has 0 spiro atoms. The summed E-state index contributed by atoms with van der Waals surface area (Å²) in [5.74, 6) is -1.10. The van der Waals surface area contributed by atoms with Gasteiger partial charge in [-0.1, -0.05) is 6.07 Å². The number of hydrogen-bond donors (Lipinski definition) is 2. The first kappa shape index (κ1) is 11.5. The zero-order valence-corrected chi connectivity index (χ0v) is 8.02. The molecule has 0 saturated carbocycles. The van der Waals surface area contributed by atoms with Crippen molar-refractivity contribution in [3.63, 3.8) is 0 Å². The second-order valence-electron chi connectivity index (χ2n) is 3.04. The van der Waals surface area contributed by atoms with Crippen LogP contribution in [0.4, 0.5) is 4.39 Å². The number of carboxylic acids is 1. The summed E-state index contributed by atoms with van der Waals surface area (Å²) in [5, 5.41) is 8.48. The Balaban J connectivity index is 2.35. The van der Waals surface area contributed by atoms with Gasteiger partial charge in [0.1, 0.15) is 17.6 Å². The Labute approximate surface area is 86.5 Å². The Hall–Kier alpha value is -1.62. The fourth-order valence-electron chi connectivity index (χ4n) is 0.984. The lowest BCUT2D eigenvalue weighted by Gasteiger charge is -2.08. The van der Waals surface area contributed by atoms with Gasteiger partial charge in [-0.2, -0.15) is 0 Å². The SMILES string of the molecule is N[C@@H](CCOc1cccc(F)c1)C(=O)O. The Bertz CT molecular complexity index is 343. The number of nitrogens with two attached hydrogens (primary N) is 1. The maximum Gasteiger partial charge on any atom is 0.320 e. The number of rotatable bonds is 5. The van der Waals surface area contributed by atoms with Crippen molar-refractivity contribution >= 4 is 5.97 Å². The van der Waals surface area contributed by atoms with Gasteiger partial charge in [0.25, 0.3) is 0 Å². The van der Waals surface area contributed by atoms with Crippen molar-refractivity contribution in [1.29, 1.82) is 0 Å². The number of ether oxygens (including phenoxy) is 1. The molecule has 0 aliphatic rings. The number of aliphatic carboxylic acids is 1. The molecule has 1 aromatic rings. The van der Waals surface area contributed by atoms with Gasteiger partial charge in [0.2, 0.25) is 0 Å². The zero-order chi connectivity index (χ0) is 11.3. The van der Waals surface area contributed by atoms with Crippen LogP contribution >= 0.6 is 0 Å². The second-order valence-corrected chi connectivity index (χ2v) is 3.04. The van der Waals surface area contributed by atoms with E-state index in [1.54, 1.807) is 6.07 Å². The van der Waals surface area contributed by atoms with Gasteiger partial charge < -0.3 is 15.6 Å². The summed E-state index contributed by atoms with van der Waals surface area (Å²) in [6.45, 7) is 0.150. The molecule has 0 radical (unpaired) electrons. The first-order valence-electron chi connectivity index (χ1n) is 4.46. The first-order valence-corrected chi connectivity index (χ1v) is 4.46. The topological polar surface area (TPSA) is 72.5 Å². The summed E-state index contributed by atoms with van der Waals surface area (Å²) < 4.78 is 17.8. The number of hydrogen-bond acceptors (Lipinski definition) is 3. The van der Waals surface area contributed by atoms with Crippen LogP contribution in [0.25, 0.3) is 0 Å². The summed E-state index contributed by atoms with van der Waals surface area (Å²) in [4.78, 5) is 10.4. The van der Waals surface area contributed by atoms with E-state index in [1.807, 2.05) is 0 Å². The largest absolute Gasteiger partial charge is 0.493 e. The predicted octanol–water partition coefficient (Wildman–Crippen LogP) is 1.01. The molecule has 0 aliphatic heterocycles. The molecule has 1 atom stereocenters. The predicted molar refractivity (Wildman–Crippen MR) is 52.1 cm³/mol. The van der Waals surface area contributed by atoms with Gasteiger partial charge in [-0.25, -0.2) is 4.39 Å². The minimum Gasteiger partial charge on any atom is -0.493 e. The summed E-state index contributed by atoms with van der Waals surface area (Å²) >= 11 is 0. The van der Waals surface area contributed by atoms with Crippen molar-refractivity contribution in [2.45, 2.75) is 12.5 Å². The molecule has 15 heavy (non-hydrogen) atoms. The Morgan fingerprint density at radius 3 is 2.93 bits per heavy atom. The maximum absolute atomic E-state index is 12.7. The lowest BCUT2D eigenvalue weighted by Crippen LogP contribution is -2.31. The lowest BCUT2D eigenvalue weighted by atomic mass is 10.2. The van der Waals surface area contributed by atoms with Gasteiger partial charge in [0.05, 0.1) is 6.61 Å². The van der Waals surface area contributed by atoms with Crippen LogP contribution in [0.2, 0.25) is 0 Å². The first-order chi connectivity index (χ1) is 7.09. The highest BCUT2D eigenvalue weighted by Gasteiger charge is 2.10. The molecular formula is C10H12FNO3. The van der Waals surface area contributed by atoms with Gasteiger partial charge >= 0.3 is 5.97 Å². The maximum atomic E-state index is 12.7. The van der Waals surface area contributed by atoms with Crippen LogP contribution < -0.4 is 10.5 Å². The smallest absolute Gasteiger partial charge is 0.320 e. The third-order valence-electron chi connectivity index (χ3n) is 1.81. The van der Waals surface area contributed by atoms with Crippen molar-refractivity contribution in [3.8, 4) is 5.75 Å². The average molecular weight is 213 g/mol. The van der Waals surface area contributed by atoms with Crippen LogP contribution in [0.1, 0.15) is 6.42 Å². The van der Waals surface area contributed by atoms with Crippen LogP contribution in [0.15, 0.2) is 24.3 Å². The standard InChI is InChI=1S/C10H12FNO3/c11-7-2-1-3-8(6-7)15-5-4-9(12)10(13)14/h1-3,6,9H,4-5,12H2,(H,13,14)/t9-/m0/s1. The monoisotopic (exact) mass is 213 g/mol. The Morgan fingerprint density at radius 2 is 2.33 bits per heavy atom. The molecular weight excluding hydrogens is 201 g/mol. The highest BCUT2D eigenvalue weighted by molar-refractivity contribution is 5.72. The van der Waals surface area contributed by atoms with Gasteiger partial charge in [0, 0.05) is 12.5 Å². The number of carboxylic acid groups (broad SMARTS) is 1. The normalized spacial score (nSPS) is 12.1. The summed E-state index contributed by atoms with van der Waals surface area (Å²) in [7, 11) is 0. The van der Waals surface area contributed by atoms with E-state index >= 15 is 0 Å². The average Bonchev–Trinajstić information content (AvgIpc) is 2.17. The second kappa shape index (κ2) is 5.31. The molecule has 5 heteroatoms.